The van der Waals surface area contributed by atoms with Crippen molar-refractivity contribution in [3.05, 3.63) is 35.4 Å². The highest BCUT2D eigenvalue weighted by atomic mass is 16.1. The molecule has 2 nitrogen and oxygen atoms in total. The molecule has 0 saturated heterocycles. The summed E-state index contributed by atoms with van der Waals surface area (Å²) >= 11 is 0. The van der Waals surface area contributed by atoms with Gasteiger partial charge >= 0.3 is 0 Å². The summed E-state index contributed by atoms with van der Waals surface area (Å²) in [5.74, 6) is 0.140. The third-order valence-electron chi connectivity index (χ3n) is 3.49. The molecule has 1 aromatic carbocycles. The van der Waals surface area contributed by atoms with Crippen LogP contribution in [0.15, 0.2) is 24.3 Å². The number of nitrogens with two attached hydrogens (primary N) is 1. The fourth-order valence-corrected chi connectivity index (χ4v) is 1.78. The summed E-state index contributed by atoms with van der Waals surface area (Å²) in [7, 11) is 0. The van der Waals surface area contributed by atoms with Crippen molar-refractivity contribution in [3.63, 3.8) is 0 Å². The molecule has 2 N–H and O–H groups in total. The maximum Gasteiger partial charge on any atom is 0.141 e. The average molecular weight is 247 g/mol. The molecule has 0 amide bonds. The first kappa shape index (κ1) is 14.9. The monoisotopic (exact) mass is 247 g/mol. The first-order valence-electron chi connectivity index (χ1n) is 6.59. The van der Waals surface area contributed by atoms with E-state index in [1.54, 1.807) is 0 Å². The van der Waals surface area contributed by atoms with E-state index < -0.39 is 0 Å². The number of rotatable bonds is 4. The van der Waals surface area contributed by atoms with Crippen LogP contribution in [0.5, 0.6) is 0 Å². The number of benzene rings is 1. The predicted molar refractivity (Wildman–Crippen MR) is 76.7 cm³/mol. The van der Waals surface area contributed by atoms with Crippen molar-refractivity contribution in [2.75, 3.05) is 0 Å². The van der Waals surface area contributed by atoms with E-state index in [0.29, 0.717) is 6.42 Å². The summed E-state index contributed by atoms with van der Waals surface area (Å²) in [6.45, 7) is 10.3. The second kappa shape index (κ2) is 5.66. The third-order valence-corrected chi connectivity index (χ3v) is 3.49. The third kappa shape index (κ3) is 3.95. The molecule has 0 aliphatic rings. The zero-order valence-electron chi connectivity index (χ0n) is 12.2. The summed E-state index contributed by atoms with van der Waals surface area (Å²) in [6, 6.07) is 8.24. The van der Waals surface area contributed by atoms with Crippen LogP contribution in [0.1, 0.15) is 45.7 Å². The van der Waals surface area contributed by atoms with Gasteiger partial charge in [-0.1, -0.05) is 52.0 Å². The largest absolute Gasteiger partial charge is 0.327 e. The molecule has 0 heterocycles. The summed E-state index contributed by atoms with van der Waals surface area (Å²) in [5, 5.41) is 0. The molecule has 2 heteroatoms. The van der Waals surface area contributed by atoms with E-state index in [0.717, 1.165) is 5.56 Å². The summed E-state index contributed by atoms with van der Waals surface area (Å²) in [6.07, 6.45) is 0.479. The van der Waals surface area contributed by atoms with Gasteiger partial charge in [-0.25, -0.2) is 0 Å². The molecule has 0 radical (unpaired) electrons. The van der Waals surface area contributed by atoms with Crippen LogP contribution in [0.3, 0.4) is 0 Å². The zero-order valence-corrected chi connectivity index (χ0v) is 12.2. The van der Waals surface area contributed by atoms with Gasteiger partial charge in [0, 0.05) is 18.4 Å². The highest BCUT2D eigenvalue weighted by molar-refractivity contribution is 5.83. The molecule has 0 fully saturated rings. The maximum atomic E-state index is 12.0. The molecule has 1 aromatic rings. The number of hydrogen-bond acceptors (Lipinski definition) is 2. The second-order valence-electron chi connectivity index (χ2n) is 6.24. The minimum atomic E-state index is -0.0775. The van der Waals surface area contributed by atoms with Crippen LogP contribution >= 0.6 is 0 Å². The van der Waals surface area contributed by atoms with Crippen molar-refractivity contribution in [1.29, 1.82) is 0 Å². The van der Waals surface area contributed by atoms with Gasteiger partial charge in [0.25, 0.3) is 0 Å². The molecule has 0 spiro atoms. The zero-order chi connectivity index (χ0) is 13.9. The Kier molecular flexibility index (Phi) is 4.69. The van der Waals surface area contributed by atoms with Crippen molar-refractivity contribution in [1.82, 2.24) is 0 Å². The van der Waals surface area contributed by atoms with E-state index in [1.165, 1.54) is 5.56 Å². The number of ketones is 1. The van der Waals surface area contributed by atoms with Crippen LogP contribution in [-0.4, -0.2) is 11.8 Å². The van der Waals surface area contributed by atoms with Gasteiger partial charge < -0.3 is 5.73 Å². The highest BCUT2D eigenvalue weighted by Gasteiger charge is 2.18. The Morgan fingerprint density at radius 3 is 2.06 bits per heavy atom. The first-order chi connectivity index (χ1) is 8.21. The van der Waals surface area contributed by atoms with Gasteiger partial charge in [-0.2, -0.15) is 0 Å². The first-order valence-corrected chi connectivity index (χ1v) is 6.59. The van der Waals surface area contributed by atoms with E-state index in [9.17, 15) is 4.79 Å². The molecule has 0 aliphatic carbocycles. The Hall–Kier alpha value is -1.15. The van der Waals surface area contributed by atoms with Crippen molar-refractivity contribution in [2.45, 2.75) is 52.5 Å². The summed E-state index contributed by atoms with van der Waals surface area (Å²) in [4.78, 5) is 12.0. The van der Waals surface area contributed by atoms with E-state index in [4.69, 9.17) is 5.73 Å². The quantitative estimate of drug-likeness (QED) is 0.888. The highest BCUT2D eigenvalue weighted by Crippen LogP contribution is 2.22. The summed E-state index contributed by atoms with van der Waals surface area (Å²) < 4.78 is 0. The molecule has 18 heavy (non-hydrogen) atoms. The van der Waals surface area contributed by atoms with E-state index in [1.807, 2.05) is 26.0 Å². The number of hydrogen-bond donors (Lipinski definition) is 1. The van der Waals surface area contributed by atoms with Gasteiger partial charge in [-0.05, 0) is 23.5 Å². The Bertz CT molecular complexity index is 398. The van der Waals surface area contributed by atoms with Crippen molar-refractivity contribution < 1.29 is 4.79 Å². The minimum Gasteiger partial charge on any atom is -0.327 e. The average Bonchev–Trinajstić information content (AvgIpc) is 2.27. The Balaban J connectivity index is 2.73. The fourth-order valence-electron chi connectivity index (χ4n) is 1.78. The Morgan fingerprint density at radius 2 is 1.67 bits per heavy atom. The molecule has 0 aliphatic heterocycles. The van der Waals surface area contributed by atoms with Crippen molar-refractivity contribution in [2.24, 2.45) is 11.7 Å². The second-order valence-corrected chi connectivity index (χ2v) is 6.24. The SMILES string of the molecule is CC(N)C(C)C(=O)Cc1ccc(C(C)(C)C)cc1. The fraction of sp³-hybridized carbons (Fsp3) is 0.562. The maximum absolute atomic E-state index is 12.0. The van der Waals surface area contributed by atoms with Crippen LogP contribution in [0.4, 0.5) is 0 Å². The Morgan fingerprint density at radius 1 is 1.17 bits per heavy atom. The standard InChI is InChI=1S/C16H25NO/c1-11(12(2)17)15(18)10-13-6-8-14(9-7-13)16(3,4)5/h6-9,11-12H,10,17H2,1-5H3. The smallest absolute Gasteiger partial charge is 0.141 e. The molecular weight excluding hydrogens is 222 g/mol. The van der Waals surface area contributed by atoms with Crippen LogP contribution in [-0.2, 0) is 16.6 Å². The van der Waals surface area contributed by atoms with Crippen molar-refractivity contribution >= 4 is 5.78 Å². The molecule has 100 valence electrons. The lowest BCUT2D eigenvalue weighted by atomic mass is 9.86. The van der Waals surface area contributed by atoms with E-state index >= 15 is 0 Å². The van der Waals surface area contributed by atoms with Gasteiger partial charge in [0.05, 0.1) is 0 Å². The van der Waals surface area contributed by atoms with Crippen LogP contribution < -0.4 is 5.73 Å². The lowest BCUT2D eigenvalue weighted by Gasteiger charge is -2.19. The number of carbonyl (C=O) groups excluding carboxylic acids is 1. The molecule has 2 atom stereocenters. The normalized spacial score (nSPS) is 15.2. The lowest BCUT2D eigenvalue weighted by molar-refractivity contribution is -0.122. The molecule has 0 aromatic heterocycles. The van der Waals surface area contributed by atoms with Crippen LogP contribution in [0.25, 0.3) is 0 Å². The minimum absolute atomic E-state index is 0.0766. The predicted octanol–water partition coefficient (Wildman–Crippen LogP) is 3.08. The topological polar surface area (TPSA) is 43.1 Å². The molecule has 1 rings (SSSR count). The van der Waals surface area contributed by atoms with Gasteiger partial charge in [0.15, 0.2) is 0 Å². The van der Waals surface area contributed by atoms with Gasteiger partial charge in [-0.3, -0.25) is 4.79 Å². The number of Topliss-reactive ketones (excluding diaryl/α,β-unsaturated/α-hetero) is 1. The molecular formula is C16H25NO. The molecule has 0 saturated carbocycles. The Labute approximate surface area is 111 Å². The van der Waals surface area contributed by atoms with E-state index in [2.05, 4.69) is 32.9 Å². The molecule has 0 bridgehead atoms. The van der Waals surface area contributed by atoms with Gasteiger partial charge in [0.2, 0.25) is 0 Å². The van der Waals surface area contributed by atoms with Crippen LogP contribution in [0.2, 0.25) is 0 Å². The molecule has 2 unspecified atom stereocenters. The summed E-state index contributed by atoms with van der Waals surface area (Å²) in [5.41, 5.74) is 8.27. The van der Waals surface area contributed by atoms with Gasteiger partial charge in [-0.15, -0.1) is 0 Å². The lowest BCUT2D eigenvalue weighted by Crippen LogP contribution is -2.31. The number of carbonyl (C=O) groups is 1. The van der Waals surface area contributed by atoms with Crippen molar-refractivity contribution in [3.8, 4) is 0 Å². The van der Waals surface area contributed by atoms with E-state index in [-0.39, 0.29) is 23.2 Å². The van der Waals surface area contributed by atoms with Crippen LogP contribution in [0, 0.1) is 5.92 Å². The van der Waals surface area contributed by atoms with Gasteiger partial charge in [0.1, 0.15) is 5.78 Å².